The zero-order chi connectivity index (χ0) is 9.15. The smallest absolute Gasteiger partial charge is 0.0890 e. The first-order valence-electron chi connectivity index (χ1n) is 6.23. The molecule has 14 heavy (non-hydrogen) atoms. The summed E-state index contributed by atoms with van der Waals surface area (Å²) in [6.45, 7) is 6.77. The van der Waals surface area contributed by atoms with Crippen molar-refractivity contribution in [2.24, 2.45) is 0 Å². The van der Waals surface area contributed by atoms with E-state index in [1.807, 2.05) is 0 Å². The van der Waals surface area contributed by atoms with Crippen molar-refractivity contribution in [2.75, 3.05) is 19.6 Å². The minimum absolute atomic E-state index is 0. The molecule has 0 aromatic rings. The zero-order valence-corrected chi connectivity index (χ0v) is 11.6. The highest BCUT2D eigenvalue weighted by Gasteiger charge is 2.38. The normalized spacial score (nSPS) is 27.2. The predicted molar refractivity (Wildman–Crippen MR) is 56.6 cm³/mol. The molecular formula is C12H24IN. The monoisotopic (exact) mass is 309 g/mol. The van der Waals surface area contributed by atoms with Crippen molar-refractivity contribution in [2.45, 2.75) is 57.9 Å². The van der Waals surface area contributed by atoms with E-state index in [1.165, 1.54) is 69.1 Å². The van der Waals surface area contributed by atoms with Crippen LogP contribution >= 0.6 is 0 Å². The summed E-state index contributed by atoms with van der Waals surface area (Å²) < 4.78 is 1.49. The molecule has 1 aliphatic carbocycles. The molecule has 1 nitrogen and oxygen atoms in total. The quantitative estimate of drug-likeness (QED) is 0.496. The molecule has 1 heterocycles. The molecule has 84 valence electrons. The van der Waals surface area contributed by atoms with Gasteiger partial charge in [-0.25, -0.2) is 0 Å². The van der Waals surface area contributed by atoms with E-state index < -0.39 is 0 Å². The van der Waals surface area contributed by atoms with E-state index in [-0.39, 0.29) is 24.0 Å². The Hall–Kier alpha value is 0.690. The molecule has 2 rings (SSSR count). The maximum Gasteiger partial charge on any atom is 0.0890 e. The van der Waals surface area contributed by atoms with Crippen LogP contribution in [-0.2, 0) is 0 Å². The molecule has 0 bridgehead atoms. The molecule has 1 aliphatic heterocycles. The standard InChI is InChI=1S/C12H24N.HI/c1-2-13(10-6-7-11-13)12-8-4-3-5-9-12;/h12H,2-11H2,1H3;1H/q+1;/p-1. The third kappa shape index (κ3) is 2.43. The Bertz CT molecular complexity index is 158. The van der Waals surface area contributed by atoms with Crippen LogP contribution < -0.4 is 24.0 Å². The molecule has 1 saturated heterocycles. The number of halogens is 1. The van der Waals surface area contributed by atoms with Crippen LogP contribution in [-0.4, -0.2) is 30.2 Å². The van der Waals surface area contributed by atoms with Crippen molar-refractivity contribution >= 4 is 0 Å². The maximum atomic E-state index is 2.40. The van der Waals surface area contributed by atoms with Gasteiger partial charge in [0.25, 0.3) is 0 Å². The highest BCUT2D eigenvalue weighted by Crippen LogP contribution is 2.32. The summed E-state index contributed by atoms with van der Waals surface area (Å²) in [5.74, 6) is 0. The SMILES string of the molecule is CC[N+]1(C2CCCCC2)CCCC1.[I-]. The lowest BCUT2D eigenvalue weighted by Crippen LogP contribution is -3.00. The van der Waals surface area contributed by atoms with Gasteiger partial charge in [-0.3, -0.25) is 0 Å². The Balaban J connectivity index is 0.000000980. The summed E-state index contributed by atoms with van der Waals surface area (Å²) in [4.78, 5) is 0. The van der Waals surface area contributed by atoms with E-state index in [9.17, 15) is 0 Å². The average molecular weight is 309 g/mol. The second kappa shape index (κ2) is 5.69. The Kier molecular flexibility index (Phi) is 5.18. The maximum absolute atomic E-state index is 2.40. The third-order valence-electron chi connectivity index (χ3n) is 4.44. The molecule has 0 radical (unpaired) electrons. The number of rotatable bonds is 2. The number of likely N-dealkylation sites (tertiary alicyclic amines) is 1. The van der Waals surface area contributed by atoms with Crippen LogP contribution in [0.5, 0.6) is 0 Å². The van der Waals surface area contributed by atoms with Gasteiger partial charge in [0.1, 0.15) is 0 Å². The van der Waals surface area contributed by atoms with E-state index in [2.05, 4.69) is 6.92 Å². The lowest BCUT2D eigenvalue weighted by molar-refractivity contribution is -0.940. The van der Waals surface area contributed by atoms with Crippen LogP contribution in [0.3, 0.4) is 0 Å². The van der Waals surface area contributed by atoms with Gasteiger partial charge in [0.05, 0.1) is 25.7 Å². The van der Waals surface area contributed by atoms with Gasteiger partial charge in [0, 0.05) is 12.8 Å². The zero-order valence-electron chi connectivity index (χ0n) is 9.47. The summed E-state index contributed by atoms with van der Waals surface area (Å²) in [5, 5.41) is 0. The van der Waals surface area contributed by atoms with Gasteiger partial charge in [-0.1, -0.05) is 6.42 Å². The number of hydrogen-bond donors (Lipinski definition) is 0. The van der Waals surface area contributed by atoms with Gasteiger partial charge in [-0.2, -0.15) is 0 Å². The van der Waals surface area contributed by atoms with Gasteiger partial charge >= 0.3 is 0 Å². The molecule has 0 aromatic carbocycles. The van der Waals surface area contributed by atoms with Gasteiger partial charge < -0.3 is 28.5 Å². The second-order valence-electron chi connectivity index (χ2n) is 4.98. The molecule has 0 amide bonds. The Labute approximate surface area is 106 Å². The average Bonchev–Trinajstić information content (AvgIpc) is 2.69. The van der Waals surface area contributed by atoms with Gasteiger partial charge in [-0.15, -0.1) is 0 Å². The van der Waals surface area contributed by atoms with E-state index in [4.69, 9.17) is 0 Å². The van der Waals surface area contributed by atoms with Gasteiger partial charge in [0.15, 0.2) is 0 Å². The fourth-order valence-electron chi connectivity index (χ4n) is 3.53. The minimum atomic E-state index is 0. The van der Waals surface area contributed by atoms with Crippen LogP contribution in [0, 0.1) is 0 Å². The molecule has 0 unspecified atom stereocenters. The fraction of sp³-hybridized carbons (Fsp3) is 1.00. The van der Waals surface area contributed by atoms with E-state index in [0.717, 1.165) is 6.04 Å². The number of hydrogen-bond acceptors (Lipinski definition) is 0. The van der Waals surface area contributed by atoms with Crippen LogP contribution in [0.25, 0.3) is 0 Å². The lowest BCUT2D eigenvalue weighted by Gasteiger charge is -2.42. The predicted octanol–water partition coefficient (Wildman–Crippen LogP) is -0.0464. The summed E-state index contributed by atoms with van der Waals surface area (Å²) in [6.07, 6.45) is 10.5. The van der Waals surface area contributed by atoms with Crippen molar-refractivity contribution in [3.05, 3.63) is 0 Å². The Morgan fingerprint density at radius 1 is 0.929 bits per heavy atom. The van der Waals surface area contributed by atoms with Crippen LogP contribution in [0.4, 0.5) is 0 Å². The summed E-state index contributed by atoms with van der Waals surface area (Å²) >= 11 is 0. The van der Waals surface area contributed by atoms with Crippen molar-refractivity contribution in [3.63, 3.8) is 0 Å². The largest absolute Gasteiger partial charge is 1.00 e. The van der Waals surface area contributed by atoms with E-state index in [0.29, 0.717) is 0 Å². The van der Waals surface area contributed by atoms with E-state index >= 15 is 0 Å². The molecule has 0 aromatic heterocycles. The molecule has 0 spiro atoms. The van der Waals surface area contributed by atoms with Gasteiger partial charge in [0.2, 0.25) is 0 Å². The van der Waals surface area contributed by atoms with Crippen LogP contribution in [0.1, 0.15) is 51.9 Å². The summed E-state index contributed by atoms with van der Waals surface area (Å²) in [5.41, 5.74) is 0. The highest BCUT2D eigenvalue weighted by atomic mass is 127. The lowest BCUT2D eigenvalue weighted by atomic mass is 9.92. The highest BCUT2D eigenvalue weighted by molar-refractivity contribution is 4.70. The Morgan fingerprint density at radius 2 is 1.50 bits per heavy atom. The topological polar surface area (TPSA) is 0 Å². The first-order valence-corrected chi connectivity index (χ1v) is 6.23. The Morgan fingerprint density at radius 3 is 2.00 bits per heavy atom. The van der Waals surface area contributed by atoms with Gasteiger partial charge in [-0.05, 0) is 32.6 Å². The third-order valence-corrected chi connectivity index (χ3v) is 4.44. The van der Waals surface area contributed by atoms with Crippen molar-refractivity contribution in [1.82, 2.24) is 0 Å². The first-order chi connectivity index (χ1) is 6.37. The van der Waals surface area contributed by atoms with Crippen molar-refractivity contribution < 1.29 is 28.5 Å². The van der Waals surface area contributed by atoms with E-state index in [1.54, 1.807) is 0 Å². The molecule has 2 aliphatic rings. The van der Waals surface area contributed by atoms with Crippen molar-refractivity contribution in [1.29, 1.82) is 0 Å². The molecule has 2 fully saturated rings. The van der Waals surface area contributed by atoms with Crippen LogP contribution in [0.2, 0.25) is 0 Å². The number of quaternary nitrogens is 1. The molecular weight excluding hydrogens is 285 g/mol. The minimum Gasteiger partial charge on any atom is -1.00 e. The molecule has 2 heteroatoms. The number of nitrogens with zero attached hydrogens (tertiary/aromatic N) is 1. The summed E-state index contributed by atoms with van der Waals surface area (Å²) in [7, 11) is 0. The molecule has 1 saturated carbocycles. The first kappa shape index (κ1) is 12.8. The molecule has 0 N–H and O–H groups in total. The van der Waals surface area contributed by atoms with Crippen LogP contribution in [0.15, 0.2) is 0 Å². The second-order valence-corrected chi connectivity index (χ2v) is 4.98. The fourth-order valence-corrected chi connectivity index (χ4v) is 3.53. The van der Waals surface area contributed by atoms with Crippen molar-refractivity contribution in [3.8, 4) is 0 Å². The molecule has 0 atom stereocenters. The summed E-state index contributed by atoms with van der Waals surface area (Å²) in [6, 6.07) is 1.04.